The molecule has 0 unspecified atom stereocenters. The zero-order valence-corrected chi connectivity index (χ0v) is 40.9. The van der Waals surface area contributed by atoms with Crippen molar-refractivity contribution in [3.05, 3.63) is 298 Å². The molecule has 0 saturated heterocycles. The van der Waals surface area contributed by atoms with Crippen molar-refractivity contribution in [3.63, 3.8) is 0 Å². The van der Waals surface area contributed by atoms with Gasteiger partial charge in [-0.1, -0.05) is 244 Å². The lowest BCUT2D eigenvalue weighted by molar-refractivity contribution is 0.411. The normalized spacial score (nSPS) is 12.9. The quantitative estimate of drug-likeness (QED) is 0.172. The number of rotatable bonds is 2. The molecular weight excluding hydrogens is 849 g/mol. The summed E-state index contributed by atoms with van der Waals surface area (Å²) in [5.74, 6) is 1.91. The van der Waals surface area contributed by atoms with Gasteiger partial charge in [0.15, 0.2) is 0 Å². The molecule has 0 bridgehead atoms. The maximum absolute atomic E-state index is 5.04. The molecule has 0 saturated carbocycles. The van der Waals surface area contributed by atoms with Crippen molar-refractivity contribution in [2.75, 3.05) is 14.2 Å². The standard InChI is InChI=1S/2C25H16.2C8H10O.C2H6/c2*1-5-13-21-17(9-1)18-10-2-6-14-22(18)25(21)23-15-7-3-11-19(23)20-12-4-8-16-24(20)25;2*1-7-5-3-4-6-8(7)9-2;1-2/h2*1-16H;2*3-6H,1-2H3;1-2H3. The van der Waals surface area contributed by atoms with Crippen LogP contribution in [0.15, 0.2) is 243 Å². The summed E-state index contributed by atoms with van der Waals surface area (Å²) in [6.45, 7) is 8.05. The fraction of sp³-hybridized carbons (Fsp3) is 0.118. The van der Waals surface area contributed by atoms with E-state index in [1.165, 1.54) is 100 Å². The molecule has 0 aromatic heterocycles. The lowest BCUT2D eigenvalue weighted by atomic mass is 9.70. The van der Waals surface area contributed by atoms with Crippen LogP contribution in [0.4, 0.5) is 0 Å². The Hall–Kier alpha value is -8.20. The van der Waals surface area contributed by atoms with Crippen LogP contribution in [0, 0.1) is 13.8 Å². The van der Waals surface area contributed by atoms with Crippen LogP contribution in [0.5, 0.6) is 11.5 Å². The van der Waals surface area contributed by atoms with Crippen molar-refractivity contribution in [2.24, 2.45) is 0 Å². The number of para-hydroxylation sites is 2. The van der Waals surface area contributed by atoms with Crippen LogP contribution in [-0.4, -0.2) is 14.2 Å². The fourth-order valence-corrected chi connectivity index (χ4v) is 11.7. The second-order valence-corrected chi connectivity index (χ2v) is 17.8. The number of ether oxygens (including phenoxy) is 2. The van der Waals surface area contributed by atoms with Gasteiger partial charge >= 0.3 is 0 Å². The first-order chi connectivity index (χ1) is 34.5. The van der Waals surface area contributed by atoms with Gasteiger partial charge in [0, 0.05) is 0 Å². The second kappa shape index (κ2) is 19.4. The largest absolute Gasteiger partial charge is 0.496 e. The van der Waals surface area contributed by atoms with Crippen LogP contribution in [0.2, 0.25) is 0 Å². The van der Waals surface area contributed by atoms with Crippen molar-refractivity contribution < 1.29 is 9.47 Å². The summed E-state index contributed by atoms with van der Waals surface area (Å²) in [5, 5.41) is 0. The Labute approximate surface area is 414 Å². The first kappa shape index (κ1) is 45.6. The molecule has 0 atom stereocenters. The summed E-state index contributed by atoms with van der Waals surface area (Å²) in [4.78, 5) is 0. The minimum atomic E-state index is -0.180. The van der Waals surface area contributed by atoms with Gasteiger partial charge in [0.2, 0.25) is 0 Å². The summed E-state index contributed by atoms with van der Waals surface area (Å²) in [5.41, 5.74) is 24.2. The van der Waals surface area contributed by atoms with Gasteiger partial charge in [0.05, 0.1) is 25.0 Å². The van der Waals surface area contributed by atoms with E-state index in [9.17, 15) is 0 Å². The Kier molecular flexibility index (Phi) is 12.6. The molecule has 342 valence electrons. The number of fused-ring (bicyclic) bond motifs is 20. The first-order valence-corrected chi connectivity index (χ1v) is 24.5. The predicted octanol–water partition coefficient (Wildman–Crippen LogP) is 17.1. The van der Waals surface area contributed by atoms with Gasteiger partial charge in [0.25, 0.3) is 0 Å². The summed E-state index contributed by atoms with van der Waals surface area (Å²) in [6, 6.07) is 87.2. The van der Waals surface area contributed by atoms with E-state index >= 15 is 0 Å². The first-order valence-electron chi connectivity index (χ1n) is 24.5. The zero-order valence-electron chi connectivity index (χ0n) is 40.9. The van der Waals surface area contributed by atoms with E-state index in [4.69, 9.17) is 9.47 Å². The summed E-state index contributed by atoms with van der Waals surface area (Å²) in [6.07, 6.45) is 0. The lowest BCUT2D eigenvalue weighted by Crippen LogP contribution is -2.25. The van der Waals surface area contributed by atoms with Gasteiger partial charge in [-0.15, -0.1) is 0 Å². The zero-order chi connectivity index (χ0) is 48.2. The van der Waals surface area contributed by atoms with Crippen LogP contribution in [0.3, 0.4) is 0 Å². The van der Waals surface area contributed by atoms with Gasteiger partial charge in [-0.25, -0.2) is 0 Å². The Bertz CT molecular complexity index is 2880. The Morgan fingerprint density at radius 2 is 0.386 bits per heavy atom. The van der Waals surface area contributed by atoms with Crippen molar-refractivity contribution in [3.8, 4) is 56.0 Å². The maximum atomic E-state index is 5.04. The molecule has 2 spiro atoms. The van der Waals surface area contributed by atoms with E-state index in [2.05, 4.69) is 194 Å². The second-order valence-electron chi connectivity index (χ2n) is 17.8. The average Bonchev–Trinajstić information content (AvgIpc) is 4.12. The van der Waals surface area contributed by atoms with Crippen molar-refractivity contribution in [2.45, 2.75) is 38.5 Å². The van der Waals surface area contributed by atoms with Crippen molar-refractivity contribution in [1.29, 1.82) is 0 Å². The van der Waals surface area contributed by atoms with Crippen LogP contribution >= 0.6 is 0 Å². The van der Waals surface area contributed by atoms with Gasteiger partial charge < -0.3 is 9.47 Å². The molecule has 70 heavy (non-hydrogen) atoms. The number of benzene rings is 10. The SMILES string of the molecule is CC.COc1ccccc1C.COc1ccccc1C.c1ccc2c(c1)-c1ccccc1C21c2ccccc2-c2ccccc21.c1ccc2c(c1)-c1ccccc1C21c2ccccc2-c2ccccc21. The number of hydrogen-bond donors (Lipinski definition) is 0. The molecule has 10 aromatic carbocycles. The molecule has 2 heteroatoms. The molecule has 0 aliphatic heterocycles. The molecule has 10 aromatic rings. The van der Waals surface area contributed by atoms with Gasteiger partial charge in [0.1, 0.15) is 11.5 Å². The third-order valence-electron chi connectivity index (χ3n) is 14.4. The topological polar surface area (TPSA) is 18.5 Å². The van der Waals surface area contributed by atoms with Crippen LogP contribution in [-0.2, 0) is 10.8 Å². The average molecular weight is 907 g/mol. The van der Waals surface area contributed by atoms with E-state index in [-0.39, 0.29) is 10.8 Å². The molecular formula is C68H58O2. The third kappa shape index (κ3) is 7.17. The third-order valence-corrected chi connectivity index (χ3v) is 14.4. The molecule has 2 nitrogen and oxygen atoms in total. The molecule has 14 rings (SSSR count). The van der Waals surface area contributed by atoms with Crippen LogP contribution in [0.1, 0.15) is 69.5 Å². The number of methoxy groups -OCH3 is 2. The van der Waals surface area contributed by atoms with E-state index < -0.39 is 0 Å². The Balaban J connectivity index is 0.000000118. The van der Waals surface area contributed by atoms with Gasteiger partial charge in [-0.2, -0.15) is 0 Å². The van der Waals surface area contributed by atoms with Crippen molar-refractivity contribution >= 4 is 0 Å². The molecule has 0 N–H and O–H groups in total. The fourth-order valence-electron chi connectivity index (χ4n) is 11.7. The highest BCUT2D eigenvalue weighted by molar-refractivity contribution is 5.96. The number of aryl methyl sites for hydroxylation is 2. The van der Waals surface area contributed by atoms with Crippen LogP contribution in [0.25, 0.3) is 44.5 Å². The minimum absolute atomic E-state index is 0.180. The lowest BCUT2D eigenvalue weighted by Gasteiger charge is -2.30. The minimum Gasteiger partial charge on any atom is -0.496 e. The highest BCUT2D eigenvalue weighted by Crippen LogP contribution is 2.64. The van der Waals surface area contributed by atoms with E-state index in [0.29, 0.717) is 0 Å². The van der Waals surface area contributed by atoms with E-state index in [1.54, 1.807) is 14.2 Å². The summed E-state index contributed by atoms with van der Waals surface area (Å²) >= 11 is 0. The summed E-state index contributed by atoms with van der Waals surface area (Å²) in [7, 11) is 3.37. The molecule has 4 aliphatic rings. The highest BCUT2D eigenvalue weighted by Gasteiger charge is 2.52. The molecule has 4 aliphatic carbocycles. The van der Waals surface area contributed by atoms with E-state index in [0.717, 1.165) is 11.5 Å². The smallest absolute Gasteiger partial charge is 0.121 e. The van der Waals surface area contributed by atoms with Crippen LogP contribution < -0.4 is 9.47 Å². The molecule has 0 amide bonds. The summed E-state index contributed by atoms with van der Waals surface area (Å²) < 4.78 is 10.1. The van der Waals surface area contributed by atoms with E-state index in [1.807, 2.05) is 76.2 Å². The predicted molar refractivity (Wildman–Crippen MR) is 292 cm³/mol. The highest BCUT2D eigenvalue weighted by atomic mass is 16.5. The van der Waals surface area contributed by atoms with Gasteiger partial charge in [-0.3, -0.25) is 0 Å². The van der Waals surface area contributed by atoms with Crippen molar-refractivity contribution in [1.82, 2.24) is 0 Å². The monoisotopic (exact) mass is 906 g/mol. The molecule has 0 fully saturated rings. The Morgan fingerprint density at radius 1 is 0.229 bits per heavy atom. The number of hydrogen-bond acceptors (Lipinski definition) is 2. The molecule has 0 radical (unpaired) electrons. The van der Waals surface area contributed by atoms with Gasteiger partial charge in [-0.05, 0) is 126 Å². The Morgan fingerprint density at radius 3 is 0.543 bits per heavy atom. The molecule has 0 heterocycles. The maximum Gasteiger partial charge on any atom is 0.121 e.